The minimum atomic E-state index is -0.282. The van der Waals surface area contributed by atoms with Crippen LogP contribution >= 0.6 is 0 Å². The molecule has 0 fully saturated rings. The highest BCUT2D eigenvalue weighted by molar-refractivity contribution is 5.94. The molecule has 3 rings (SSSR count). The normalized spacial score (nSPS) is 12.3. The number of hydrogen-bond acceptors (Lipinski definition) is 4. The van der Waals surface area contributed by atoms with Crippen LogP contribution in [0.25, 0.3) is 5.78 Å². The Morgan fingerprint density at radius 2 is 2.04 bits per heavy atom. The number of carbonyl (C=O) groups is 1. The number of nitrogens with zero attached hydrogens (tertiary/aromatic N) is 3. The van der Waals surface area contributed by atoms with Gasteiger partial charge in [-0.3, -0.25) is 20.0 Å². The Morgan fingerprint density at radius 3 is 2.74 bits per heavy atom. The molecule has 0 unspecified atom stereocenters. The number of aryl methyl sites for hydroxylation is 1. The fourth-order valence-corrected chi connectivity index (χ4v) is 2.51. The van der Waals surface area contributed by atoms with Crippen molar-refractivity contribution in [2.75, 3.05) is 5.32 Å². The summed E-state index contributed by atoms with van der Waals surface area (Å²) in [5.41, 5.74) is 1.25. The predicted octanol–water partition coefficient (Wildman–Crippen LogP) is 1.86. The van der Waals surface area contributed by atoms with Gasteiger partial charge in [0.15, 0.2) is 0 Å². The first-order chi connectivity index (χ1) is 11.1. The third-order valence-electron chi connectivity index (χ3n) is 3.63. The molecule has 2 aromatic heterocycles. The summed E-state index contributed by atoms with van der Waals surface area (Å²) in [6, 6.07) is 10.9. The summed E-state index contributed by atoms with van der Waals surface area (Å²) >= 11 is 0. The molecule has 0 aliphatic rings. The monoisotopic (exact) mass is 311 g/mol. The van der Waals surface area contributed by atoms with Gasteiger partial charge in [0.2, 0.25) is 11.9 Å². The van der Waals surface area contributed by atoms with Crippen LogP contribution < -0.4 is 10.9 Å². The van der Waals surface area contributed by atoms with Gasteiger partial charge >= 0.3 is 0 Å². The van der Waals surface area contributed by atoms with E-state index < -0.39 is 0 Å². The van der Waals surface area contributed by atoms with Gasteiger partial charge in [-0.05, 0) is 18.9 Å². The van der Waals surface area contributed by atoms with Crippen LogP contribution in [0.3, 0.4) is 0 Å². The summed E-state index contributed by atoms with van der Waals surface area (Å²) in [5.74, 6) is -0.0176. The second kappa shape index (κ2) is 6.04. The van der Waals surface area contributed by atoms with Crippen LogP contribution in [0, 0.1) is 6.92 Å². The van der Waals surface area contributed by atoms with Crippen molar-refractivity contribution in [3.05, 3.63) is 58.0 Å². The summed E-state index contributed by atoms with van der Waals surface area (Å²) in [5, 5.41) is 5.47. The van der Waals surface area contributed by atoms with E-state index in [-0.39, 0.29) is 29.1 Å². The molecular formula is C16H17N5O2. The summed E-state index contributed by atoms with van der Waals surface area (Å²) in [6.07, 6.45) is 0.660. The van der Waals surface area contributed by atoms with Crippen LogP contribution in [-0.4, -0.2) is 25.5 Å². The van der Waals surface area contributed by atoms with Crippen molar-refractivity contribution in [2.45, 2.75) is 26.2 Å². The van der Waals surface area contributed by atoms with Crippen molar-refractivity contribution in [1.82, 2.24) is 19.6 Å². The fourth-order valence-electron chi connectivity index (χ4n) is 2.51. The Balaban J connectivity index is 1.87. The third-order valence-corrected chi connectivity index (χ3v) is 3.63. The summed E-state index contributed by atoms with van der Waals surface area (Å²) in [7, 11) is 0. The summed E-state index contributed by atoms with van der Waals surface area (Å²) in [6.45, 7) is 3.67. The summed E-state index contributed by atoms with van der Waals surface area (Å²) < 4.78 is 1.20. The number of hydrogen-bond donors (Lipinski definition) is 2. The van der Waals surface area contributed by atoms with Crippen molar-refractivity contribution in [3.8, 4) is 0 Å². The number of aromatic amines is 1. The van der Waals surface area contributed by atoms with E-state index in [0.717, 1.165) is 5.56 Å². The molecule has 0 aliphatic heterocycles. The molecule has 0 bridgehead atoms. The molecule has 0 saturated heterocycles. The van der Waals surface area contributed by atoms with E-state index in [2.05, 4.69) is 20.4 Å². The lowest BCUT2D eigenvalue weighted by molar-refractivity contribution is -0.117. The van der Waals surface area contributed by atoms with Crippen molar-refractivity contribution in [2.24, 2.45) is 0 Å². The average molecular weight is 311 g/mol. The Kier molecular flexibility index (Phi) is 3.92. The third kappa shape index (κ3) is 2.98. The number of rotatable bonds is 4. The van der Waals surface area contributed by atoms with Crippen molar-refractivity contribution < 1.29 is 4.79 Å². The number of aromatic nitrogens is 4. The minimum Gasteiger partial charge on any atom is -0.294 e. The molecule has 118 valence electrons. The number of H-pyrrole nitrogens is 1. The van der Waals surface area contributed by atoms with Crippen molar-refractivity contribution in [1.29, 1.82) is 0 Å². The van der Waals surface area contributed by atoms with Gasteiger partial charge in [0.1, 0.15) is 0 Å². The van der Waals surface area contributed by atoms with E-state index in [1.807, 2.05) is 37.3 Å². The Bertz CT molecular complexity index is 898. The first-order valence-electron chi connectivity index (χ1n) is 7.40. The molecule has 2 heterocycles. The molecule has 7 nitrogen and oxygen atoms in total. The lowest BCUT2D eigenvalue weighted by Crippen LogP contribution is -2.21. The molecule has 0 saturated carbocycles. The largest absolute Gasteiger partial charge is 0.294 e. The van der Waals surface area contributed by atoms with E-state index in [9.17, 15) is 9.59 Å². The number of nitrogens with one attached hydrogen (secondary N) is 2. The molecule has 1 atom stereocenters. The Morgan fingerprint density at radius 1 is 1.30 bits per heavy atom. The zero-order valence-corrected chi connectivity index (χ0v) is 12.9. The molecule has 3 aromatic rings. The first-order valence-corrected chi connectivity index (χ1v) is 7.40. The second-order valence-electron chi connectivity index (χ2n) is 5.30. The van der Waals surface area contributed by atoms with E-state index >= 15 is 0 Å². The Labute approximate surface area is 132 Å². The van der Waals surface area contributed by atoms with Gasteiger partial charge in [0, 0.05) is 11.8 Å². The van der Waals surface area contributed by atoms with E-state index in [0.29, 0.717) is 12.1 Å². The van der Waals surface area contributed by atoms with Crippen LogP contribution in [0.2, 0.25) is 0 Å². The van der Waals surface area contributed by atoms with E-state index in [1.54, 1.807) is 6.92 Å². The van der Waals surface area contributed by atoms with Gasteiger partial charge in [-0.1, -0.05) is 37.3 Å². The van der Waals surface area contributed by atoms with Gasteiger partial charge in [-0.15, -0.1) is 0 Å². The molecule has 7 heteroatoms. The number of benzene rings is 1. The molecular weight excluding hydrogens is 294 g/mol. The second-order valence-corrected chi connectivity index (χ2v) is 5.30. The zero-order valence-electron chi connectivity index (χ0n) is 12.9. The summed E-state index contributed by atoms with van der Waals surface area (Å²) in [4.78, 5) is 32.6. The van der Waals surface area contributed by atoms with Crippen LogP contribution in [0.5, 0.6) is 0 Å². The van der Waals surface area contributed by atoms with Gasteiger partial charge in [-0.25, -0.2) is 4.98 Å². The maximum atomic E-state index is 12.5. The van der Waals surface area contributed by atoms with Crippen LogP contribution in [0.15, 0.2) is 41.2 Å². The number of anilines is 1. The first kappa shape index (κ1) is 15.0. The highest BCUT2D eigenvalue weighted by atomic mass is 16.2. The number of amides is 1. The number of fused-ring (bicyclic) bond motifs is 1. The lowest BCUT2D eigenvalue weighted by atomic mass is 9.96. The molecule has 0 radical (unpaired) electrons. The quantitative estimate of drug-likeness (QED) is 0.769. The zero-order chi connectivity index (χ0) is 16.4. The predicted molar refractivity (Wildman–Crippen MR) is 86.4 cm³/mol. The standard InChI is InChI=1S/C16H17N5O2/c1-3-12(11-7-5-4-6-8-11)14(23)18-15-19-16-17-10(2)9-13(22)21(16)20-15/h4-9,12H,3H2,1-2H3,(H2,17,18,19,20,23)/t12-/m0/s1. The van der Waals surface area contributed by atoms with Crippen molar-refractivity contribution >= 4 is 17.6 Å². The highest BCUT2D eigenvalue weighted by Crippen LogP contribution is 2.20. The van der Waals surface area contributed by atoms with Crippen LogP contribution in [0.1, 0.15) is 30.5 Å². The lowest BCUT2D eigenvalue weighted by Gasteiger charge is -2.13. The highest BCUT2D eigenvalue weighted by Gasteiger charge is 2.20. The number of carbonyl (C=O) groups excluding carboxylic acids is 1. The van der Waals surface area contributed by atoms with Crippen LogP contribution in [-0.2, 0) is 4.79 Å². The van der Waals surface area contributed by atoms with Gasteiger partial charge in [0.05, 0.1) is 5.92 Å². The smallest absolute Gasteiger partial charge is 0.274 e. The topological polar surface area (TPSA) is 92.2 Å². The van der Waals surface area contributed by atoms with Gasteiger partial charge in [-0.2, -0.15) is 9.50 Å². The van der Waals surface area contributed by atoms with Crippen LogP contribution in [0.4, 0.5) is 5.95 Å². The molecule has 1 amide bonds. The van der Waals surface area contributed by atoms with E-state index in [1.165, 1.54) is 10.6 Å². The maximum Gasteiger partial charge on any atom is 0.274 e. The minimum absolute atomic E-state index is 0.178. The van der Waals surface area contributed by atoms with Gasteiger partial charge in [0.25, 0.3) is 11.3 Å². The maximum absolute atomic E-state index is 12.5. The molecule has 23 heavy (non-hydrogen) atoms. The fraction of sp³-hybridized carbons (Fsp3) is 0.250. The van der Waals surface area contributed by atoms with Gasteiger partial charge < -0.3 is 0 Å². The molecule has 0 spiro atoms. The molecule has 0 aliphatic carbocycles. The SMILES string of the molecule is CC[C@H](C(=O)Nc1nc2nc(C)cc(=O)n2[nH]1)c1ccccc1. The molecule has 2 N–H and O–H groups in total. The molecule has 1 aromatic carbocycles. The Hall–Kier alpha value is -2.96. The van der Waals surface area contributed by atoms with E-state index in [4.69, 9.17) is 0 Å². The van der Waals surface area contributed by atoms with Crippen molar-refractivity contribution in [3.63, 3.8) is 0 Å². The average Bonchev–Trinajstić information content (AvgIpc) is 2.91.